The minimum Gasteiger partial charge on any atom is -0.332 e. The second kappa shape index (κ2) is 6.36. The molecule has 1 atom stereocenters. The molecular weight excluding hydrogens is 304 g/mol. The van der Waals surface area contributed by atoms with Crippen LogP contribution in [0.15, 0.2) is 29.1 Å². The van der Waals surface area contributed by atoms with E-state index in [0.717, 1.165) is 13.1 Å². The molecule has 1 unspecified atom stereocenters. The average molecular weight is 328 g/mol. The highest BCUT2D eigenvalue weighted by Gasteiger charge is 2.29. The van der Waals surface area contributed by atoms with Crippen LogP contribution in [0.2, 0.25) is 0 Å². The molecule has 6 heteroatoms. The first kappa shape index (κ1) is 16.6. The number of amides is 1. The van der Waals surface area contributed by atoms with Crippen molar-refractivity contribution in [2.24, 2.45) is 0 Å². The Bertz CT molecular complexity index is 827. The lowest BCUT2D eigenvalue weighted by Crippen LogP contribution is -2.53. The summed E-state index contributed by atoms with van der Waals surface area (Å²) in [6.07, 6.45) is 0. The van der Waals surface area contributed by atoms with E-state index in [-0.39, 0.29) is 23.6 Å². The summed E-state index contributed by atoms with van der Waals surface area (Å²) in [5, 5.41) is 5.61. The van der Waals surface area contributed by atoms with E-state index in [9.17, 15) is 9.59 Å². The molecule has 1 amide bonds. The van der Waals surface area contributed by atoms with Crippen LogP contribution in [-0.4, -0.2) is 58.2 Å². The zero-order valence-electron chi connectivity index (χ0n) is 14.7. The molecule has 1 aromatic heterocycles. The third-order valence-electron chi connectivity index (χ3n) is 4.61. The number of rotatable bonds is 2. The summed E-state index contributed by atoms with van der Waals surface area (Å²) < 4.78 is 1.41. The second-order valence-corrected chi connectivity index (χ2v) is 6.85. The van der Waals surface area contributed by atoms with Gasteiger partial charge in [-0.1, -0.05) is 18.2 Å². The molecule has 128 valence electrons. The van der Waals surface area contributed by atoms with Crippen LogP contribution in [0.4, 0.5) is 0 Å². The number of likely N-dealkylation sites (N-methyl/N-ethyl adjacent to an activating group) is 1. The van der Waals surface area contributed by atoms with Crippen molar-refractivity contribution in [3.63, 3.8) is 0 Å². The number of hydrogen-bond donors (Lipinski definition) is 0. The topological polar surface area (TPSA) is 58.4 Å². The van der Waals surface area contributed by atoms with Gasteiger partial charge in [-0.05, 0) is 33.9 Å². The zero-order chi connectivity index (χ0) is 17.4. The second-order valence-electron chi connectivity index (χ2n) is 6.85. The summed E-state index contributed by atoms with van der Waals surface area (Å²) in [6, 6.07) is 7.26. The quantitative estimate of drug-likeness (QED) is 0.843. The molecule has 1 saturated heterocycles. The van der Waals surface area contributed by atoms with Crippen LogP contribution < -0.4 is 5.56 Å². The van der Waals surface area contributed by atoms with Crippen LogP contribution in [-0.2, 0) is 0 Å². The fraction of sp³-hybridized carbons (Fsp3) is 0.500. The van der Waals surface area contributed by atoms with Crippen molar-refractivity contribution in [1.82, 2.24) is 19.6 Å². The van der Waals surface area contributed by atoms with Gasteiger partial charge in [0.15, 0.2) is 5.69 Å². The van der Waals surface area contributed by atoms with Gasteiger partial charge in [0, 0.05) is 31.1 Å². The third kappa shape index (κ3) is 2.82. The van der Waals surface area contributed by atoms with Crippen LogP contribution in [0.25, 0.3) is 10.8 Å². The van der Waals surface area contributed by atoms with Gasteiger partial charge in [-0.2, -0.15) is 5.10 Å². The van der Waals surface area contributed by atoms with E-state index < -0.39 is 0 Å². The van der Waals surface area contributed by atoms with Crippen molar-refractivity contribution in [2.75, 3.05) is 26.7 Å². The molecule has 1 fully saturated rings. The molecule has 0 spiro atoms. The van der Waals surface area contributed by atoms with Gasteiger partial charge in [0.25, 0.3) is 11.5 Å². The Morgan fingerprint density at radius 3 is 2.50 bits per heavy atom. The molecule has 6 nitrogen and oxygen atoms in total. The lowest BCUT2D eigenvalue weighted by atomic mass is 10.1. The van der Waals surface area contributed by atoms with E-state index in [4.69, 9.17) is 0 Å². The Hall–Kier alpha value is -2.21. The first-order valence-electron chi connectivity index (χ1n) is 8.41. The molecule has 2 aromatic rings. The molecule has 0 aliphatic carbocycles. The maximum atomic E-state index is 13.1. The normalized spacial score (nSPS) is 19.2. The van der Waals surface area contributed by atoms with Gasteiger partial charge < -0.3 is 9.80 Å². The number of benzene rings is 1. The molecule has 1 aliphatic heterocycles. The predicted molar refractivity (Wildman–Crippen MR) is 94.4 cm³/mol. The van der Waals surface area contributed by atoms with E-state index in [0.29, 0.717) is 23.0 Å². The summed E-state index contributed by atoms with van der Waals surface area (Å²) in [4.78, 5) is 29.8. The van der Waals surface area contributed by atoms with Gasteiger partial charge in [0.1, 0.15) is 0 Å². The number of hydrogen-bond acceptors (Lipinski definition) is 4. The smallest absolute Gasteiger partial charge is 0.275 e. The number of fused-ring (bicyclic) bond motifs is 1. The molecule has 3 rings (SSSR count). The average Bonchev–Trinajstić information content (AvgIpc) is 2.54. The van der Waals surface area contributed by atoms with E-state index in [1.165, 1.54) is 4.68 Å². The molecule has 0 saturated carbocycles. The number of nitrogens with zero attached hydrogens (tertiary/aromatic N) is 4. The highest BCUT2D eigenvalue weighted by atomic mass is 16.2. The van der Waals surface area contributed by atoms with E-state index in [1.54, 1.807) is 6.07 Å². The van der Waals surface area contributed by atoms with Crippen LogP contribution >= 0.6 is 0 Å². The van der Waals surface area contributed by atoms with Gasteiger partial charge in [-0.25, -0.2) is 4.68 Å². The highest BCUT2D eigenvalue weighted by molar-refractivity contribution is 6.04. The van der Waals surface area contributed by atoms with Crippen LogP contribution in [0.3, 0.4) is 0 Å². The van der Waals surface area contributed by atoms with Crippen molar-refractivity contribution >= 4 is 16.7 Å². The van der Waals surface area contributed by atoms with Crippen LogP contribution in [0.5, 0.6) is 0 Å². The Morgan fingerprint density at radius 1 is 1.21 bits per heavy atom. The molecule has 0 N–H and O–H groups in total. The van der Waals surface area contributed by atoms with E-state index in [2.05, 4.69) is 17.0 Å². The fourth-order valence-electron chi connectivity index (χ4n) is 3.29. The largest absolute Gasteiger partial charge is 0.332 e. The predicted octanol–water partition coefficient (Wildman–Crippen LogP) is 1.75. The molecular formula is C18H24N4O2. The summed E-state index contributed by atoms with van der Waals surface area (Å²) in [6.45, 7) is 8.21. The first-order chi connectivity index (χ1) is 11.4. The molecule has 24 heavy (non-hydrogen) atoms. The molecule has 2 heterocycles. The van der Waals surface area contributed by atoms with Gasteiger partial charge in [-0.3, -0.25) is 9.59 Å². The first-order valence-corrected chi connectivity index (χ1v) is 8.41. The minimum absolute atomic E-state index is 0.0961. The standard InChI is InChI=1S/C18H24N4O2/c1-12(2)22-17(23)15-8-6-5-7-14(15)16(19-22)18(24)21-10-9-20(4)11-13(21)3/h5-8,12-13H,9-11H2,1-4H3. The lowest BCUT2D eigenvalue weighted by Gasteiger charge is -2.38. The third-order valence-corrected chi connectivity index (χ3v) is 4.61. The Labute approximate surface area is 141 Å². The highest BCUT2D eigenvalue weighted by Crippen LogP contribution is 2.19. The van der Waals surface area contributed by atoms with Crippen molar-refractivity contribution in [3.8, 4) is 0 Å². The van der Waals surface area contributed by atoms with E-state index in [1.807, 2.05) is 43.9 Å². The number of piperazine rings is 1. The summed E-state index contributed by atoms with van der Waals surface area (Å²) in [5.41, 5.74) is 0.221. The lowest BCUT2D eigenvalue weighted by molar-refractivity contribution is 0.0527. The van der Waals surface area contributed by atoms with Gasteiger partial charge in [0.05, 0.1) is 11.4 Å². The van der Waals surface area contributed by atoms with E-state index >= 15 is 0 Å². The number of carbonyl (C=O) groups is 1. The van der Waals surface area contributed by atoms with Crippen molar-refractivity contribution in [3.05, 3.63) is 40.3 Å². The summed E-state index contributed by atoms with van der Waals surface area (Å²) >= 11 is 0. The molecule has 0 radical (unpaired) electrons. The van der Waals surface area contributed by atoms with Crippen molar-refractivity contribution < 1.29 is 4.79 Å². The minimum atomic E-state index is -0.149. The van der Waals surface area contributed by atoms with Crippen LogP contribution in [0.1, 0.15) is 37.3 Å². The van der Waals surface area contributed by atoms with Gasteiger partial charge >= 0.3 is 0 Å². The maximum absolute atomic E-state index is 13.1. The Morgan fingerprint density at radius 2 is 1.88 bits per heavy atom. The fourth-order valence-corrected chi connectivity index (χ4v) is 3.29. The number of carbonyl (C=O) groups excluding carboxylic acids is 1. The summed E-state index contributed by atoms with van der Waals surface area (Å²) in [7, 11) is 2.06. The Kier molecular flexibility index (Phi) is 4.41. The van der Waals surface area contributed by atoms with Crippen molar-refractivity contribution in [2.45, 2.75) is 32.9 Å². The Balaban J connectivity index is 2.13. The zero-order valence-corrected chi connectivity index (χ0v) is 14.7. The molecule has 0 bridgehead atoms. The monoisotopic (exact) mass is 328 g/mol. The summed E-state index contributed by atoms with van der Waals surface area (Å²) in [5.74, 6) is -0.0961. The van der Waals surface area contributed by atoms with Gasteiger partial charge in [0.2, 0.25) is 0 Å². The number of aromatic nitrogens is 2. The SMILES string of the molecule is CC1CN(C)CCN1C(=O)c1nn(C(C)C)c(=O)c2ccccc12. The van der Waals surface area contributed by atoms with Crippen LogP contribution in [0, 0.1) is 0 Å². The molecule has 1 aliphatic rings. The van der Waals surface area contributed by atoms with Gasteiger partial charge in [-0.15, -0.1) is 0 Å². The maximum Gasteiger partial charge on any atom is 0.275 e. The molecule has 1 aromatic carbocycles. The van der Waals surface area contributed by atoms with Crippen molar-refractivity contribution in [1.29, 1.82) is 0 Å².